The molecule has 4 aromatic rings. The molecule has 3 unspecified atom stereocenters. The van der Waals surface area contributed by atoms with Crippen molar-refractivity contribution in [1.29, 1.82) is 0 Å². The maximum Gasteiger partial charge on any atom is 0.162 e. The molecule has 3 aromatic carbocycles. The van der Waals surface area contributed by atoms with Crippen LogP contribution in [-0.2, 0) is 16.6 Å². The smallest absolute Gasteiger partial charge is 0.162 e. The highest BCUT2D eigenvalue weighted by molar-refractivity contribution is 5.75. The Hall–Kier alpha value is -5.26. The molecule has 0 N–H and O–H groups in total. The molecule has 3 atom stereocenters. The first-order chi connectivity index (χ1) is 25.2. The number of anilines is 2. The molecule has 0 spiro atoms. The van der Waals surface area contributed by atoms with E-state index in [0.717, 1.165) is 46.7 Å². The second kappa shape index (κ2) is 17.3. The predicted molar refractivity (Wildman–Crippen MR) is 219 cm³/mol. The van der Waals surface area contributed by atoms with Gasteiger partial charge in [0.15, 0.2) is 5.76 Å². The molecule has 3 aliphatic rings. The molecular weight excluding hydrogens is 639 g/mol. The van der Waals surface area contributed by atoms with Crippen LogP contribution in [0.4, 0.5) is 11.4 Å². The van der Waals surface area contributed by atoms with Crippen LogP contribution in [0.1, 0.15) is 73.3 Å². The van der Waals surface area contributed by atoms with Crippen LogP contribution in [0.25, 0.3) is 0 Å². The Labute approximate surface area is 312 Å². The molecule has 5 heteroatoms. The van der Waals surface area contributed by atoms with Gasteiger partial charge in [0.25, 0.3) is 0 Å². The first-order valence-corrected chi connectivity index (χ1v) is 18.5. The predicted octanol–water partition coefficient (Wildman–Crippen LogP) is 11.7. The monoisotopic (exact) mass is 693 g/mol. The number of aryl methyl sites for hydroxylation is 3. The van der Waals surface area contributed by atoms with E-state index in [9.17, 15) is 0 Å². The van der Waals surface area contributed by atoms with E-state index in [1.54, 1.807) is 6.08 Å². The number of methoxy groups -OCH3 is 1. The van der Waals surface area contributed by atoms with Gasteiger partial charge in [-0.25, -0.2) is 5.06 Å². The van der Waals surface area contributed by atoms with Gasteiger partial charge in [0, 0.05) is 68.5 Å². The SMILES string of the molecule is C=CC1=C(/C=C\CC)C(=C)C2=C(CC(c3ccc4c(c3)N(c3ccc(C)cc3)C(OC)C4c3ccc(C)cc3)C=C2)N(C)O1.CC.Cn1cccc1. The number of rotatable bonds is 7. The van der Waals surface area contributed by atoms with Gasteiger partial charge in [0.2, 0.25) is 0 Å². The van der Waals surface area contributed by atoms with E-state index < -0.39 is 0 Å². The highest BCUT2D eigenvalue weighted by Crippen LogP contribution is 2.50. The number of hydroxylamine groups is 2. The topological polar surface area (TPSA) is 29.9 Å². The Morgan fingerprint density at radius 1 is 0.904 bits per heavy atom. The van der Waals surface area contributed by atoms with E-state index in [4.69, 9.17) is 9.57 Å². The van der Waals surface area contributed by atoms with Gasteiger partial charge < -0.3 is 19.0 Å². The summed E-state index contributed by atoms with van der Waals surface area (Å²) in [5.74, 6) is 0.988. The molecule has 3 heterocycles. The van der Waals surface area contributed by atoms with Gasteiger partial charge >= 0.3 is 0 Å². The van der Waals surface area contributed by atoms with Gasteiger partial charge in [0.1, 0.15) is 6.23 Å². The highest BCUT2D eigenvalue weighted by Gasteiger charge is 2.41. The van der Waals surface area contributed by atoms with Gasteiger partial charge in [-0.2, -0.15) is 0 Å². The molecule has 0 saturated heterocycles. The van der Waals surface area contributed by atoms with Crippen molar-refractivity contribution in [2.75, 3.05) is 19.1 Å². The Kier molecular flexibility index (Phi) is 12.6. The second-order valence-electron chi connectivity index (χ2n) is 13.3. The molecule has 1 aliphatic carbocycles. The number of ether oxygens (including phenoxy) is 1. The summed E-state index contributed by atoms with van der Waals surface area (Å²) in [6, 6.07) is 28.6. The zero-order chi connectivity index (χ0) is 37.4. The zero-order valence-electron chi connectivity index (χ0n) is 32.3. The quantitative estimate of drug-likeness (QED) is 0.193. The summed E-state index contributed by atoms with van der Waals surface area (Å²) >= 11 is 0. The lowest BCUT2D eigenvalue weighted by Crippen LogP contribution is -2.32. The Morgan fingerprint density at radius 3 is 2.12 bits per heavy atom. The zero-order valence-corrected chi connectivity index (χ0v) is 32.3. The fraction of sp³-hybridized carbons (Fsp3) is 0.277. The summed E-state index contributed by atoms with van der Waals surface area (Å²) in [6.07, 6.45) is 16.1. The third kappa shape index (κ3) is 7.95. The lowest BCUT2D eigenvalue weighted by molar-refractivity contribution is -0.0623. The van der Waals surface area contributed by atoms with Crippen molar-refractivity contribution < 1.29 is 9.57 Å². The lowest BCUT2D eigenvalue weighted by Gasteiger charge is -2.30. The minimum atomic E-state index is -0.162. The van der Waals surface area contributed by atoms with E-state index in [1.807, 2.05) is 69.2 Å². The van der Waals surface area contributed by atoms with Crippen molar-refractivity contribution in [3.05, 3.63) is 191 Å². The van der Waals surface area contributed by atoms with Gasteiger partial charge in [-0.15, -0.1) is 0 Å². The molecule has 5 nitrogen and oxygen atoms in total. The molecule has 52 heavy (non-hydrogen) atoms. The number of hydrogen-bond donors (Lipinski definition) is 0. The number of nitrogens with zero attached hydrogens (tertiary/aromatic N) is 3. The number of aromatic nitrogens is 1. The Morgan fingerprint density at radius 2 is 1.54 bits per heavy atom. The molecule has 0 radical (unpaired) electrons. The molecule has 0 fully saturated rings. The van der Waals surface area contributed by atoms with Crippen LogP contribution in [0.3, 0.4) is 0 Å². The van der Waals surface area contributed by atoms with Crippen LogP contribution >= 0.6 is 0 Å². The van der Waals surface area contributed by atoms with Crippen LogP contribution in [0.5, 0.6) is 0 Å². The standard InChI is InChI=1S/C40H42N2O2.C5H7N.C2H6/c1-8-10-11-34-28(5)33-22-18-30(24-36(33)41(6)44-38(34)9-2)31-19-23-35-37(25-31)42(32-20-14-27(4)15-21-32)40(43-7)39(35)29-16-12-26(3)13-17-29;1-6-4-2-3-5-6;1-2/h9-23,25,30,39-40H,2,5,8,24H2,1,3-4,6-7H3;2-5H,1H3;1-2H3/b11-10-;;. The van der Waals surface area contributed by atoms with Crippen molar-refractivity contribution in [3.63, 3.8) is 0 Å². The lowest BCUT2D eigenvalue weighted by atomic mass is 9.83. The van der Waals surface area contributed by atoms with Crippen LogP contribution < -0.4 is 4.90 Å². The summed E-state index contributed by atoms with van der Waals surface area (Å²) < 4.78 is 8.30. The molecule has 2 aliphatic heterocycles. The summed E-state index contributed by atoms with van der Waals surface area (Å²) in [5, 5.41) is 1.89. The maximum absolute atomic E-state index is 6.32. The van der Waals surface area contributed by atoms with E-state index in [2.05, 4.69) is 130 Å². The van der Waals surface area contributed by atoms with Crippen LogP contribution in [0.15, 0.2) is 163 Å². The Balaban J connectivity index is 0.000000586. The summed E-state index contributed by atoms with van der Waals surface area (Å²) in [7, 11) is 5.80. The van der Waals surface area contributed by atoms with E-state index in [1.165, 1.54) is 33.5 Å². The van der Waals surface area contributed by atoms with Crippen LogP contribution in [0.2, 0.25) is 0 Å². The van der Waals surface area contributed by atoms with Crippen molar-refractivity contribution in [3.8, 4) is 0 Å². The number of fused-ring (bicyclic) bond motifs is 1. The second-order valence-corrected chi connectivity index (χ2v) is 13.3. The van der Waals surface area contributed by atoms with Crippen LogP contribution in [-0.4, -0.2) is 30.0 Å². The average molecular weight is 694 g/mol. The van der Waals surface area contributed by atoms with Crippen LogP contribution in [0, 0.1) is 13.8 Å². The fourth-order valence-corrected chi connectivity index (χ4v) is 7.08. The van der Waals surface area contributed by atoms with Crippen molar-refractivity contribution in [2.24, 2.45) is 7.05 Å². The van der Waals surface area contributed by atoms with Crippen molar-refractivity contribution >= 4 is 11.4 Å². The minimum Gasteiger partial charge on any atom is -0.379 e. The molecular formula is C47H55N3O2. The van der Waals surface area contributed by atoms with Crippen molar-refractivity contribution in [1.82, 2.24) is 9.63 Å². The minimum absolute atomic E-state index is 0.0878. The number of allylic oxidation sites excluding steroid dienone is 9. The third-order valence-corrected chi connectivity index (χ3v) is 9.82. The number of hydrogen-bond acceptors (Lipinski definition) is 4. The van der Waals surface area contributed by atoms with Gasteiger partial charge in [-0.3, -0.25) is 0 Å². The average Bonchev–Trinajstić information content (AvgIpc) is 3.77. The first kappa shape index (κ1) is 38.0. The van der Waals surface area contributed by atoms with E-state index >= 15 is 0 Å². The molecule has 270 valence electrons. The first-order valence-electron chi connectivity index (χ1n) is 18.5. The summed E-state index contributed by atoms with van der Waals surface area (Å²) in [4.78, 5) is 8.69. The fourth-order valence-electron chi connectivity index (χ4n) is 7.08. The van der Waals surface area contributed by atoms with Gasteiger partial charge in [-0.1, -0.05) is 118 Å². The van der Waals surface area contributed by atoms with E-state index in [-0.39, 0.29) is 18.1 Å². The largest absolute Gasteiger partial charge is 0.379 e. The third-order valence-electron chi connectivity index (χ3n) is 9.82. The van der Waals surface area contributed by atoms with Crippen molar-refractivity contribution in [2.45, 2.75) is 65.5 Å². The molecule has 0 saturated carbocycles. The molecule has 7 rings (SSSR count). The summed E-state index contributed by atoms with van der Waals surface area (Å²) in [5.41, 5.74) is 12.8. The molecule has 1 aromatic heterocycles. The number of benzene rings is 3. The van der Waals surface area contributed by atoms with E-state index in [0.29, 0.717) is 0 Å². The van der Waals surface area contributed by atoms with Gasteiger partial charge in [0.05, 0.1) is 11.6 Å². The Bertz CT molecular complexity index is 1960. The summed E-state index contributed by atoms with van der Waals surface area (Å²) in [6.45, 7) is 18.9. The normalized spacial score (nSPS) is 19.3. The molecule has 0 amide bonds. The van der Waals surface area contributed by atoms with Gasteiger partial charge in [-0.05, 0) is 78.9 Å². The molecule has 0 bridgehead atoms. The maximum atomic E-state index is 6.32. The highest BCUT2D eigenvalue weighted by atomic mass is 16.7.